The van der Waals surface area contributed by atoms with E-state index in [9.17, 15) is 10.5 Å². The average molecular weight is 633 g/mol. The first kappa shape index (κ1) is 30.2. The number of hydrogen-bond donors (Lipinski definition) is 3. The van der Waals surface area contributed by atoms with Crippen LogP contribution in [0.3, 0.4) is 0 Å². The van der Waals surface area contributed by atoms with Crippen LogP contribution in [0.5, 0.6) is 6.01 Å². The van der Waals surface area contributed by atoms with Crippen LogP contribution in [0, 0.1) is 22.7 Å². The molecule has 0 aromatic carbocycles. The molecule has 3 aromatic rings. The summed E-state index contributed by atoms with van der Waals surface area (Å²) in [6.07, 6.45) is 3.63. The molecule has 230 valence electrons. The van der Waals surface area contributed by atoms with Gasteiger partial charge in [-0.1, -0.05) is 6.07 Å². The SMILES string of the molecule is CCN(c1nc(OC[C@@H]2CC[C@@H](COC)N2)nc(N2CC3(C2)SCc2sc(N)c(C#N)c23)c1C#N)[C@H](C)c1cccnc1N. The molecular formula is C30H36N10O2S2. The Hall–Kier alpha value is -3.82. The molecule has 0 saturated carbocycles. The van der Waals surface area contributed by atoms with Crippen LogP contribution in [-0.2, 0) is 15.2 Å². The summed E-state index contributed by atoms with van der Waals surface area (Å²) in [7, 11) is 1.71. The fraction of sp³-hybridized carbons (Fsp3) is 0.500. The van der Waals surface area contributed by atoms with Crippen LogP contribution in [0.4, 0.5) is 22.5 Å². The summed E-state index contributed by atoms with van der Waals surface area (Å²) >= 11 is 3.33. The minimum Gasteiger partial charge on any atom is -0.462 e. The summed E-state index contributed by atoms with van der Waals surface area (Å²) in [5, 5.41) is 24.5. The zero-order chi connectivity index (χ0) is 31.0. The van der Waals surface area contributed by atoms with Crippen LogP contribution < -0.4 is 31.3 Å². The van der Waals surface area contributed by atoms with E-state index in [1.807, 2.05) is 42.6 Å². The van der Waals surface area contributed by atoms with E-state index in [-0.39, 0.29) is 22.8 Å². The number of anilines is 4. The summed E-state index contributed by atoms with van der Waals surface area (Å²) in [6, 6.07) is 8.96. The van der Waals surface area contributed by atoms with Gasteiger partial charge < -0.3 is 36.1 Å². The number of nitrogens with one attached hydrogen (secondary N) is 1. The molecule has 12 nitrogen and oxygen atoms in total. The van der Waals surface area contributed by atoms with Crippen molar-refractivity contribution in [2.45, 2.75) is 55.3 Å². The molecule has 6 heterocycles. The third-order valence-corrected chi connectivity index (χ3v) is 11.4. The Bertz CT molecular complexity index is 1630. The van der Waals surface area contributed by atoms with E-state index in [2.05, 4.69) is 27.3 Å². The smallest absolute Gasteiger partial charge is 0.320 e. The number of ether oxygens (including phenoxy) is 2. The highest BCUT2D eigenvalue weighted by atomic mass is 32.2. The first-order valence-corrected chi connectivity index (χ1v) is 16.5. The number of aromatic nitrogens is 3. The zero-order valence-corrected chi connectivity index (χ0v) is 26.7. The number of nitrogens with zero attached hydrogens (tertiary/aromatic N) is 7. The van der Waals surface area contributed by atoms with Crippen molar-refractivity contribution < 1.29 is 9.47 Å². The molecular weight excluding hydrogens is 597 g/mol. The lowest BCUT2D eigenvalue weighted by Crippen LogP contribution is -2.57. The Morgan fingerprint density at radius 3 is 2.61 bits per heavy atom. The third kappa shape index (κ3) is 5.26. The second-order valence-corrected chi connectivity index (χ2v) is 13.9. The van der Waals surface area contributed by atoms with E-state index in [1.165, 1.54) is 11.3 Å². The van der Waals surface area contributed by atoms with Crippen LogP contribution in [0.1, 0.15) is 59.9 Å². The molecule has 3 aromatic heterocycles. The van der Waals surface area contributed by atoms with Crippen LogP contribution >= 0.6 is 23.1 Å². The van der Waals surface area contributed by atoms with Gasteiger partial charge in [-0.25, -0.2) is 4.98 Å². The number of nitrogens with two attached hydrogens (primary N) is 2. The Morgan fingerprint density at radius 2 is 1.93 bits per heavy atom. The van der Waals surface area contributed by atoms with Gasteiger partial charge in [-0.2, -0.15) is 20.5 Å². The summed E-state index contributed by atoms with van der Waals surface area (Å²) < 4.78 is 11.3. The van der Waals surface area contributed by atoms with Crippen molar-refractivity contribution in [2.24, 2.45) is 0 Å². The standard InChI is InChI=1S/C30H36N10O2S2/c1-4-40(17(2)20-6-5-9-35-25(20)33)28-22(11-32)27(37-29(38-28)42-13-19-8-7-18(36-19)12-41-3)39-15-30(16-39)24-21(10-31)26(34)44-23(24)14-43-30/h5-6,9,17-19,36H,4,7-8,12-16,34H2,1-3H3,(H2,33,35)/t17-,18+,19+/m1/s1. The topological polar surface area (TPSA) is 175 Å². The predicted octanol–water partition coefficient (Wildman–Crippen LogP) is 3.54. The molecule has 5 N–H and O–H groups in total. The van der Waals surface area contributed by atoms with Crippen LogP contribution in [0.15, 0.2) is 18.3 Å². The van der Waals surface area contributed by atoms with Gasteiger partial charge in [-0.15, -0.1) is 23.1 Å². The predicted molar refractivity (Wildman–Crippen MR) is 173 cm³/mol. The second kappa shape index (κ2) is 12.3. The highest BCUT2D eigenvalue weighted by Gasteiger charge is 2.53. The highest BCUT2D eigenvalue weighted by Crippen LogP contribution is 2.58. The first-order valence-electron chi connectivity index (χ1n) is 14.7. The van der Waals surface area contributed by atoms with Crippen molar-refractivity contribution in [3.05, 3.63) is 45.5 Å². The van der Waals surface area contributed by atoms with E-state index >= 15 is 0 Å². The molecule has 1 spiro atoms. The van der Waals surface area contributed by atoms with Gasteiger partial charge in [-0.3, -0.25) is 0 Å². The van der Waals surface area contributed by atoms with E-state index in [1.54, 1.807) is 13.3 Å². The van der Waals surface area contributed by atoms with Gasteiger partial charge in [0.2, 0.25) is 0 Å². The number of nitriles is 2. The molecule has 2 saturated heterocycles. The van der Waals surface area contributed by atoms with Gasteiger partial charge in [0, 0.05) is 66.8 Å². The quantitative estimate of drug-likeness (QED) is 0.296. The van der Waals surface area contributed by atoms with Crippen molar-refractivity contribution in [3.63, 3.8) is 0 Å². The maximum atomic E-state index is 10.5. The molecule has 14 heteroatoms. The van der Waals surface area contributed by atoms with Crippen LogP contribution in [0.25, 0.3) is 0 Å². The number of hydrogen-bond acceptors (Lipinski definition) is 14. The van der Waals surface area contributed by atoms with Crippen molar-refractivity contribution >= 4 is 45.6 Å². The number of nitrogen functional groups attached to an aromatic ring is 2. The molecule has 2 fully saturated rings. The Balaban J connectivity index is 1.34. The van der Waals surface area contributed by atoms with Gasteiger partial charge >= 0.3 is 6.01 Å². The highest BCUT2D eigenvalue weighted by molar-refractivity contribution is 8.00. The number of fused-ring (bicyclic) bond motifs is 2. The summed E-state index contributed by atoms with van der Waals surface area (Å²) in [5.74, 6) is 2.26. The average Bonchev–Trinajstić information content (AvgIpc) is 3.69. The largest absolute Gasteiger partial charge is 0.462 e. The molecule has 0 bridgehead atoms. The number of pyridine rings is 1. The molecule has 6 rings (SSSR count). The second-order valence-electron chi connectivity index (χ2n) is 11.4. The fourth-order valence-electron chi connectivity index (χ4n) is 6.56. The maximum absolute atomic E-state index is 10.5. The molecule has 0 amide bonds. The van der Waals surface area contributed by atoms with Crippen LogP contribution in [0.2, 0.25) is 0 Å². The molecule has 3 aliphatic rings. The minimum atomic E-state index is -0.264. The van der Waals surface area contributed by atoms with Crippen molar-refractivity contribution in [1.29, 1.82) is 10.5 Å². The van der Waals surface area contributed by atoms with E-state index < -0.39 is 0 Å². The van der Waals surface area contributed by atoms with Crippen molar-refractivity contribution in [1.82, 2.24) is 20.3 Å². The number of methoxy groups -OCH3 is 1. The van der Waals surface area contributed by atoms with Gasteiger partial charge in [0.1, 0.15) is 35.1 Å². The molecule has 44 heavy (non-hydrogen) atoms. The van der Waals surface area contributed by atoms with Gasteiger partial charge in [0.25, 0.3) is 0 Å². The lowest BCUT2D eigenvalue weighted by atomic mass is 9.88. The lowest BCUT2D eigenvalue weighted by molar-refractivity contribution is 0.168. The van der Waals surface area contributed by atoms with Gasteiger partial charge in [-0.05, 0) is 32.8 Å². The molecule has 0 aliphatic carbocycles. The molecule has 3 atom stereocenters. The van der Waals surface area contributed by atoms with Crippen molar-refractivity contribution in [2.75, 3.05) is 61.2 Å². The Morgan fingerprint density at radius 1 is 1.18 bits per heavy atom. The van der Waals surface area contributed by atoms with Gasteiger partial charge in [0.05, 0.1) is 23.0 Å². The zero-order valence-electron chi connectivity index (χ0n) is 25.0. The van der Waals surface area contributed by atoms with E-state index in [0.717, 1.165) is 34.6 Å². The fourth-order valence-corrected chi connectivity index (χ4v) is 9.36. The summed E-state index contributed by atoms with van der Waals surface area (Å²) in [5.41, 5.74) is 15.3. The maximum Gasteiger partial charge on any atom is 0.320 e. The normalized spacial score (nSPS) is 20.5. The number of thiophene rings is 1. The van der Waals surface area contributed by atoms with E-state index in [0.29, 0.717) is 72.5 Å². The molecule has 0 radical (unpaired) electrons. The lowest BCUT2D eigenvalue weighted by Gasteiger charge is -2.49. The molecule has 0 unspecified atom stereocenters. The first-order chi connectivity index (χ1) is 21.3. The van der Waals surface area contributed by atoms with Crippen LogP contribution in [-0.4, -0.2) is 67.0 Å². The number of rotatable bonds is 10. The monoisotopic (exact) mass is 632 g/mol. The number of thioether (sulfide) groups is 1. The minimum absolute atomic E-state index is 0.145. The van der Waals surface area contributed by atoms with E-state index in [4.69, 9.17) is 30.9 Å². The molecule has 3 aliphatic heterocycles. The summed E-state index contributed by atoms with van der Waals surface area (Å²) in [6.45, 7) is 6.85. The Labute approximate surface area is 265 Å². The Kier molecular flexibility index (Phi) is 8.44. The third-order valence-electron chi connectivity index (χ3n) is 8.73. The summed E-state index contributed by atoms with van der Waals surface area (Å²) in [4.78, 5) is 19.2. The van der Waals surface area contributed by atoms with Gasteiger partial charge in [0.15, 0.2) is 11.6 Å². The van der Waals surface area contributed by atoms with Crippen molar-refractivity contribution in [3.8, 4) is 18.1 Å².